The predicted octanol–water partition coefficient (Wildman–Crippen LogP) is 4.33. The number of nitrogens with one attached hydrogen (secondary N) is 1. The zero-order valence-corrected chi connectivity index (χ0v) is 12.6. The van der Waals surface area contributed by atoms with Gasteiger partial charge >= 0.3 is 0 Å². The number of para-hydroxylation sites is 1. The van der Waals surface area contributed by atoms with Crippen molar-refractivity contribution in [2.45, 2.75) is 0 Å². The lowest BCUT2D eigenvalue weighted by atomic mass is 10.2. The van der Waals surface area contributed by atoms with E-state index < -0.39 is 0 Å². The molecule has 0 amide bonds. The van der Waals surface area contributed by atoms with Crippen LogP contribution in [0.5, 0.6) is 0 Å². The molecule has 3 rings (SSSR count). The van der Waals surface area contributed by atoms with E-state index in [1.54, 1.807) is 17.4 Å². The Balaban J connectivity index is 1.92. The molecule has 3 nitrogen and oxygen atoms in total. The first-order valence-corrected chi connectivity index (χ1v) is 7.46. The van der Waals surface area contributed by atoms with Crippen LogP contribution in [0.4, 0.5) is 10.8 Å². The van der Waals surface area contributed by atoms with Gasteiger partial charge in [0.1, 0.15) is 4.99 Å². The standard InChI is InChI=1S/C14H10ClN3S2/c15-9-7-8(13(16)19)5-6-10(9)17-14-18-11-3-1-2-4-12(11)20-14/h1-7H,(H2,16,19)(H,17,18). The number of anilines is 2. The number of fused-ring (bicyclic) bond motifs is 1. The number of benzene rings is 2. The fourth-order valence-electron chi connectivity index (χ4n) is 1.81. The van der Waals surface area contributed by atoms with Crippen LogP contribution in [-0.4, -0.2) is 9.97 Å². The maximum Gasteiger partial charge on any atom is 0.188 e. The van der Waals surface area contributed by atoms with Crippen molar-refractivity contribution >= 4 is 61.2 Å². The molecule has 0 saturated heterocycles. The highest BCUT2D eigenvalue weighted by atomic mass is 35.5. The molecule has 1 heterocycles. The fourth-order valence-corrected chi connectivity index (χ4v) is 3.04. The van der Waals surface area contributed by atoms with Crippen LogP contribution in [0.2, 0.25) is 5.02 Å². The molecule has 0 spiro atoms. The summed E-state index contributed by atoms with van der Waals surface area (Å²) in [5, 5.41) is 4.59. The Hall–Kier alpha value is -1.69. The molecule has 0 fully saturated rings. The minimum atomic E-state index is 0.332. The van der Waals surface area contributed by atoms with E-state index in [-0.39, 0.29) is 0 Å². The van der Waals surface area contributed by atoms with E-state index in [9.17, 15) is 0 Å². The highest BCUT2D eigenvalue weighted by Crippen LogP contribution is 2.31. The van der Waals surface area contributed by atoms with Gasteiger partial charge < -0.3 is 11.1 Å². The third kappa shape index (κ3) is 2.60. The van der Waals surface area contributed by atoms with Crippen LogP contribution in [0.25, 0.3) is 10.2 Å². The molecule has 20 heavy (non-hydrogen) atoms. The lowest BCUT2D eigenvalue weighted by Gasteiger charge is -2.06. The van der Waals surface area contributed by atoms with Crippen molar-refractivity contribution in [1.29, 1.82) is 0 Å². The Bertz CT molecular complexity index is 765. The van der Waals surface area contributed by atoms with Crippen molar-refractivity contribution < 1.29 is 0 Å². The van der Waals surface area contributed by atoms with E-state index in [0.29, 0.717) is 10.0 Å². The van der Waals surface area contributed by atoms with Gasteiger partial charge in [0.25, 0.3) is 0 Å². The Morgan fingerprint density at radius 1 is 1.25 bits per heavy atom. The number of halogens is 1. The maximum absolute atomic E-state index is 6.22. The summed E-state index contributed by atoms with van der Waals surface area (Å²) in [7, 11) is 0. The Kier molecular flexibility index (Phi) is 3.56. The number of nitrogens with two attached hydrogens (primary N) is 1. The number of thiazole rings is 1. The quantitative estimate of drug-likeness (QED) is 0.706. The molecule has 0 atom stereocenters. The third-order valence-corrected chi connectivity index (χ3v) is 4.29. The summed E-state index contributed by atoms with van der Waals surface area (Å²) in [6.45, 7) is 0. The van der Waals surface area contributed by atoms with Crippen molar-refractivity contribution in [3.8, 4) is 0 Å². The molecule has 0 bridgehead atoms. The van der Waals surface area contributed by atoms with Crippen LogP contribution < -0.4 is 11.1 Å². The molecule has 0 aliphatic heterocycles. The van der Waals surface area contributed by atoms with E-state index in [0.717, 1.165) is 26.6 Å². The average Bonchev–Trinajstić information content (AvgIpc) is 2.83. The van der Waals surface area contributed by atoms with Gasteiger partial charge in [-0.05, 0) is 30.3 Å². The molecule has 0 saturated carbocycles. The monoisotopic (exact) mass is 319 g/mol. The zero-order chi connectivity index (χ0) is 14.1. The average molecular weight is 320 g/mol. The number of hydrogen-bond acceptors (Lipinski definition) is 4. The molecule has 0 unspecified atom stereocenters. The molecule has 0 aliphatic carbocycles. The number of aromatic nitrogens is 1. The SMILES string of the molecule is NC(=S)c1ccc(Nc2nc3ccccc3s2)c(Cl)c1. The first-order chi connectivity index (χ1) is 9.63. The molecule has 3 N–H and O–H groups in total. The van der Waals surface area contributed by atoms with Crippen LogP contribution in [0.15, 0.2) is 42.5 Å². The maximum atomic E-state index is 6.22. The van der Waals surface area contributed by atoms with E-state index in [2.05, 4.69) is 10.3 Å². The van der Waals surface area contributed by atoms with Crippen molar-refractivity contribution in [2.75, 3.05) is 5.32 Å². The van der Waals surface area contributed by atoms with Gasteiger partial charge in [-0.2, -0.15) is 0 Å². The number of rotatable bonds is 3. The minimum absolute atomic E-state index is 0.332. The summed E-state index contributed by atoms with van der Waals surface area (Å²) in [4.78, 5) is 4.84. The highest BCUT2D eigenvalue weighted by molar-refractivity contribution is 7.80. The third-order valence-electron chi connectivity index (χ3n) is 2.79. The molecule has 1 aromatic heterocycles. The van der Waals surface area contributed by atoms with Gasteiger partial charge in [-0.25, -0.2) is 4.98 Å². The van der Waals surface area contributed by atoms with Crippen molar-refractivity contribution in [3.63, 3.8) is 0 Å². The second-order valence-electron chi connectivity index (χ2n) is 4.17. The smallest absolute Gasteiger partial charge is 0.188 e. The summed E-state index contributed by atoms with van der Waals surface area (Å²) in [6, 6.07) is 13.4. The molecule has 0 radical (unpaired) electrons. The highest BCUT2D eigenvalue weighted by Gasteiger charge is 2.07. The lowest BCUT2D eigenvalue weighted by Crippen LogP contribution is -2.09. The summed E-state index contributed by atoms with van der Waals surface area (Å²) in [5.41, 5.74) is 8.08. The summed E-state index contributed by atoms with van der Waals surface area (Å²) in [5.74, 6) is 0. The molecule has 3 aromatic rings. The van der Waals surface area contributed by atoms with Crippen LogP contribution in [0, 0.1) is 0 Å². The minimum Gasteiger partial charge on any atom is -0.389 e. The molecular formula is C14H10ClN3S2. The molecular weight excluding hydrogens is 310 g/mol. The zero-order valence-electron chi connectivity index (χ0n) is 10.3. The largest absolute Gasteiger partial charge is 0.389 e. The van der Waals surface area contributed by atoms with Gasteiger partial charge in [-0.1, -0.05) is 47.3 Å². The second kappa shape index (κ2) is 5.36. The van der Waals surface area contributed by atoms with E-state index >= 15 is 0 Å². The van der Waals surface area contributed by atoms with Crippen molar-refractivity contribution in [2.24, 2.45) is 5.73 Å². The van der Waals surface area contributed by atoms with E-state index in [1.807, 2.05) is 36.4 Å². The van der Waals surface area contributed by atoms with Crippen LogP contribution in [0.3, 0.4) is 0 Å². The molecule has 2 aromatic carbocycles. The summed E-state index contributed by atoms with van der Waals surface area (Å²) < 4.78 is 1.13. The van der Waals surface area contributed by atoms with E-state index in [4.69, 9.17) is 29.6 Å². The van der Waals surface area contributed by atoms with Gasteiger partial charge in [0, 0.05) is 5.56 Å². The predicted molar refractivity (Wildman–Crippen MR) is 90.2 cm³/mol. The summed E-state index contributed by atoms with van der Waals surface area (Å²) >= 11 is 12.7. The second-order valence-corrected chi connectivity index (χ2v) is 6.05. The normalized spacial score (nSPS) is 10.7. The Morgan fingerprint density at radius 2 is 2.05 bits per heavy atom. The Morgan fingerprint density at radius 3 is 2.75 bits per heavy atom. The topological polar surface area (TPSA) is 50.9 Å². The molecule has 0 aliphatic rings. The number of nitrogens with zero attached hydrogens (tertiary/aromatic N) is 1. The van der Waals surface area contributed by atoms with Gasteiger partial charge in [-0.15, -0.1) is 0 Å². The fraction of sp³-hybridized carbons (Fsp3) is 0. The van der Waals surface area contributed by atoms with Crippen molar-refractivity contribution in [1.82, 2.24) is 4.98 Å². The van der Waals surface area contributed by atoms with Crippen LogP contribution in [-0.2, 0) is 0 Å². The van der Waals surface area contributed by atoms with Gasteiger partial charge in [0.05, 0.1) is 20.9 Å². The molecule has 6 heteroatoms. The summed E-state index contributed by atoms with van der Waals surface area (Å²) in [6.07, 6.45) is 0. The molecule has 100 valence electrons. The van der Waals surface area contributed by atoms with Gasteiger partial charge in [0.2, 0.25) is 0 Å². The Labute approximate surface area is 130 Å². The van der Waals surface area contributed by atoms with Gasteiger partial charge in [-0.3, -0.25) is 0 Å². The lowest BCUT2D eigenvalue weighted by molar-refractivity contribution is 1.44. The van der Waals surface area contributed by atoms with Crippen LogP contribution >= 0.6 is 35.2 Å². The first kappa shape index (κ1) is 13.3. The number of thiocarbonyl (C=S) groups is 1. The van der Waals surface area contributed by atoms with Crippen LogP contribution in [0.1, 0.15) is 5.56 Å². The van der Waals surface area contributed by atoms with Gasteiger partial charge in [0.15, 0.2) is 5.13 Å². The number of hydrogen-bond donors (Lipinski definition) is 2. The van der Waals surface area contributed by atoms with E-state index in [1.165, 1.54) is 0 Å². The first-order valence-electron chi connectivity index (χ1n) is 5.85. The van der Waals surface area contributed by atoms with Crippen molar-refractivity contribution in [3.05, 3.63) is 53.1 Å².